The summed E-state index contributed by atoms with van der Waals surface area (Å²) in [6.45, 7) is 15.9. The van der Waals surface area contributed by atoms with Crippen LogP contribution >= 0.6 is 0 Å². The minimum Gasteiger partial charge on any atom is -0.414 e. The molecule has 1 aliphatic rings. The molecule has 11 heteroatoms. The lowest BCUT2D eigenvalue weighted by Crippen LogP contribution is -2.49. The molecule has 1 fully saturated rings. The number of benzene rings is 2. The van der Waals surface area contributed by atoms with E-state index >= 15 is 0 Å². The molecule has 1 saturated heterocycles. The van der Waals surface area contributed by atoms with Crippen molar-refractivity contribution in [2.24, 2.45) is 0 Å². The number of aliphatic hydroxyl groups is 3. The van der Waals surface area contributed by atoms with E-state index in [4.69, 9.17) is 32.8 Å². The molecule has 0 aliphatic carbocycles. The van der Waals surface area contributed by atoms with Crippen LogP contribution in [0.25, 0.3) is 0 Å². The summed E-state index contributed by atoms with van der Waals surface area (Å²) < 4.78 is 43.3. The average Bonchev–Trinajstić information content (AvgIpc) is 3.04. The minimum absolute atomic E-state index is 0.000148. The molecule has 6 atom stereocenters. The highest BCUT2D eigenvalue weighted by Crippen LogP contribution is 2.40. The summed E-state index contributed by atoms with van der Waals surface area (Å²) >= 11 is 0. The highest BCUT2D eigenvalue weighted by atomic mass is 28.4. The van der Waals surface area contributed by atoms with Crippen molar-refractivity contribution in [1.82, 2.24) is 0 Å². The van der Waals surface area contributed by atoms with Gasteiger partial charge in [-0.1, -0.05) is 81.4 Å². The Morgan fingerprint density at radius 2 is 1.20 bits per heavy atom. The van der Waals surface area contributed by atoms with Gasteiger partial charge in [-0.25, -0.2) is 0 Å². The lowest BCUT2D eigenvalue weighted by molar-refractivity contribution is -0.306. The number of aliphatic hydroxyl groups excluding tert-OH is 3. The van der Waals surface area contributed by atoms with Gasteiger partial charge in [0.25, 0.3) is 0 Å². The van der Waals surface area contributed by atoms with Crippen LogP contribution in [-0.4, -0.2) is 92.8 Å². The van der Waals surface area contributed by atoms with Gasteiger partial charge in [-0.05, 0) is 75.2 Å². The van der Waals surface area contributed by atoms with Gasteiger partial charge in [-0.2, -0.15) is 0 Å². The van der Waals surface area contributed by atoms with Crippen LogP contribution in [0.4, 0.5) is 0 Å². The molecule has 0 saturated carbocycles. The molecular weight excluding hydrogens is 669 g/mol. The van der Waals surface area contributed by atoms with Gasteiger partial charge in [0.1, 0.15) is 13.6 Å². The standard InChI is InChI=1S/C40H66O10Si/c1-39(2,3)51(6,7)50-38(23-33(43)22-34(18-20-41)46-29-44-27-31-14-10-8-11-15-31)26-37-25-36(48-40(4,5)49-37)24-35(19-21-42)47-30-45-28-32-16-12-9-13-17-32/h8-17,33-38,41-43H,18-30H2,1-7H3/t33-,34+,35+,36-,37-,38+/m0/s1. The Balaban J connectivity index is 1.61. The van der Waals surface area contributed by atoms with Crippen molar-refractivity contribution in [3.8, 4) is 0 Å². The SMILES string of the molecule is CC1(C)O[C@@H](C[C@@H](CCO)OCOCc2ccccc2)C[C@@H](C[C@@H](C[C@@H](O)C[C@@H](CCO)OCOCc2ccccc2)O[Si](C)(C)C(C)(C)C)O1. The summed E-state index contributed by atoms with van der Waals surface area (Å²) in [5.41, 5.74) is 2.12. The second-order valence-electron chi connectivity index (χ2n) is 15.7. The number of hydrogen-bond acceptors (Lipinski definition) is 10. The summed E-state index contributed by atoms with van der Waals surface area (Å²) in [5, 5.41) is 30.9. The quantitative estimate of drug-likeness (QED) is 0.0585. The van der Waals surface area contributed by atoms with Gasteiger partial charge in [-0.15, -0.1) is 0 Å². The number of rotatable bonds is 24. The van der Waals surface area contributed by atoms with E-state index in [2.05, 4.69) is 33.9 Å². The monoisotopic (exact) mass is 734 g/mol. The zero-order chi connectivity index (χ0) is 37.3. The van der Waals surface area contributed by atoms with Gasteiger partial charge < -0.3 is 48.2 Å². The lowest BCUT2D eigenvalue weighted by atomic mass is 9.95. The van der Waals surface area contributed by atoms with Crippen molar-refractivity contribution >= 4 is 8.32 Å². The van der Waals surface area contributed by atoms with Crippen LogP contribution in [0.1, 0.15) is 90.7 Å². The van der Waals surface area contributed by atoms with Crippen LogP contribution < -0.4 is 0 Å². The first kappa shape index (κ1) is 43.7. The maximum absolute atomic E-state index is 11.4. The third kappa shape index (κ3) is 16.9. The van der Waals surface area contributed by atoms with E-state index in [1.54, 1.807) is 0 Å². The molecule has 3 rings (SSSR count). The highest BCUT2D eigenvalue weighted by Gasteiger charge is 2.42. The van der Waals surface area contributed by atoms with Crippen LogP contribution in [0.2, 0.25) is 18.1 Å². The molecule has 0 spiro atoms. The Kier molecular flexibility index (Phi) is 18.7. The van der Waals surface area contributed by atoms with Gasteiger partial charge in [0, 0.05) is 32.2 Å². The maximum atomic E-state index is 11.4. The molecular formula is C40H66O10Si. The second-order valence-corrected chi connectivity index (χ2v) is 20.5. The van der Waals surface area contributed by atoms with Crippen molar-refractivity contribution in [2.45, 2.75) is 153 Å². The van der Waals surface area contributed by atoms with Gasteiger partial charge in [0.2, 0.25) is 0 Å². The van der Waals surface area contributed by atoms with Crippen molar-refractivity contribution in [2.75, 3.05) is 26.8 Å². The normalized spacial score (nSPS) is 20.5. The largest absolute Gasteiger partial charge is 0.414 e. The van der Waals surface area contributed by atoms with Crippen molar-refractivity contribution in [1.29, 1.82) is 0 Å². The molecule has 1 heterocycles. The molecule has 0 aromatic heterocycles. The molecule has 10 nitrogen and oxygen atoms in total. The molecule has 3 N–H and O–H groups in total. The van der Waals surface area contributed by atoms with Crippen LogP contribution in [0.5, 0.6) is 0 Å². The molecule has 0 unspecified atom stereocenters. The van der Waals surface area contributed by atoms with Gasteiger partial charge in [0.15, 0.2) is 14.1 Å². The van der Waals surface area contributed by atoms with Gasteiger partial charge >= 0.3 is 0 Å². The van der Waals surface area contributed by atoms with Crippen LogP contribution in [0.3, 0.4) is 0 Å². The van der Waals surface area contributed by atoms with E-state index in [0.29, 0.717) is 58.2 Å². The van der Waals surface area contributed by atoms with E-state index < -0.39 is 20.2 Å². The minimum atomic E-state index is -2.22. The summed E-state index contributed by atoms with van der Waals surface area (Å²) in [6, 6.07) is 19.8. The van der Waals surface area contributed by atoms with E-state index in [9.17, 15) is 15.3 Å². The third-order valence-corrected chi connectivity index (χ3v) is 14.3. The van der Waals surface area contributed by atoms with E-state index in [1.807, 2.05) is 74.5 Å². The van der Waals surface area contributed by atoms with Crippen molar-refractivity contribution in [3.63, 3.8) is 0 Å². The van der Waals surface area contributed by atoms with Crippen LogP contribution in [0, 0.1) is 0 Å². The van der Waals surface area contributed by atoms with Crippen molar-refractivity contribution < 1.29 is 48.2 Å². The Labute approximate surface area is 307 Å². The fourth-order valence-electron chi connectivity index (χ4n) is 6.17. The maximum Gasteiger partial charge on any atom is 0.192 e. The molecule has 2 aromatic carbocycles. The zero-order valence-electron chi connectivity index (χ0n) is 32.1. The fourth-order valence-corrected chi connectivity index (χ4v) is 7.55. The smallest absolute Gasteiger partial charge is 0.192 e. The Hall–Kier alpha value is -1.74. The second kappa shape index (κ2) is 21.8. The van der Waals surface area contributed by atoms with Gasteiger partial charge in [0.05, 0.1) is 43.7 Å². The van der Waals surface area contributed by atoms with E-state index in [-0.39, 0.29) is 62.4 Å². The summed E-state index contributed by atoms with van der Waals surface area (Å²) in [5.74, 6) is -0.832. The summed E-state index contributed by atoms with van der Waals surface area (Å²) in [4.78, 5) is 0. The Morgan fingerprint density at radius 3 is 1.69 bits per heavy atom. The molecule has 2 aromatic rings. The first-order chi connectivity index (χ1) is 24.2. The third-order valence-electron chi connectivity index (χ3n) is 9.72. The fraction of sp³-hybridized carbons (Fsp3) is 0.700. The van der Waals surface area contributed by atoms with Crippen LogP contribution in [0.15, 0.2) is 60.7 Å². The molecule has 0 bridgehead atoms. The summed E-state index contributed by atoms with van der Waals surface area (Å²) in [7, 11) is -2.22. The van der Waals surface area contributed by atoms with Gasteiger partial charge in [-0.3, -0.25) is 0 Å². The molecule has 0 radical (unpaired) electrons. The highest BCUT2D eigenvalue weighted by molar-refractivity contribution is 6.74. The molecule has 290 valence electrons. The predicted molar refractivity (Wildman–Crippen MR) is 200 cm³/mol. The lowest BCUT2D eigenvalue weighted by Gasteiger charge is -2.44. The molecule has 51 heavy (non-hydrogen) atoms. The average molecular weight is 735 g/mol. The van der Waals surface area contributed by atoms with E-state index in [1.165, 1.54) is 0 Å². The first-order valence-corrected chi connectivity index (χ1v) is 21.5. The Bertz CT molecular complexity index is 1190. The summed E-state index contributed by atoms with van der Waals surface area (Å²) in [6.07, 6.45) is 1.49. The van der Waals surface area contributed by atoms with Crippen LogP contribution in [-0.2, 0) is 46.1 Å². The predicted octanol–water partition coefficient (Wildman–Crippen LogP) is 7.09. The Morgan fingerprint density at radius 1 is 0.745 bits per heavy atom. The van der Waals surface area contributed by atoms with E-state index in [0.717, 1.165) is 11.1 Å². The number of ether oxygens (including phenoxy) is 6. The molecule has 0 amide bonds. The molecule has 1 aliphatic heterocycles. The van der Waals surface area contributed by atoms with Crippen molar-refractivity contribution in [3.05, 3.63) is 71.8 Å². The zero-order valence-corrected chi connectivity index (χ0v) is 33.1. The topological polar surface area (TPSA) is 125 Å². The number of hydrogen-bond donors (Lipinski definition) is 3. The first-order valence-electron chi connectivity index (χ1n) is 18.6.